The van der Waals surface area contributed by atoms with Crippen LogP contribution in [-0.4, -0.2) is 32.7 Å². The molecule has 5 nitrogen and oxygen atoms in total. The number of hydrogen-bond donors (Lipinski definition) is 1. The van der Waals surface area contributed by atoms with Crippen molar-refractivity contribution < 1.29 is 22.0 Å². The number of nitrogens with zero attached hydrogens (tertiary/aromatic N) is 1. The number of anilines is 1. The van der Waals surface area contributed by atoms with Crippen molar-refractivity contribution in [3.05, 3.63) is 82.9 Å². The number of amides is 1. The quantitative estimate of drug-likeness (QED) is 0.608. The SMILES string of the molecule is CN(C)S(=O)(=O)c1ccc(Cl)c(C(=O)Nc2c(F)cc(F)cc2-c2ccccc2)c1. The van der Waals surface area contributed by atoms with Crippen molar-refractivity contribution in [3.63, 3.8) is 0 Å². The van der Waals surface area contributed by atoms with Gasteiger partial charge in [0.15, 0.2) is 0 Å². The lowest BCUT2D eigenvalue weighted by atomic mass is 10.0. The number of carbonyl (C=O) groups excluding carboxylic acids is 1. The Kier molecular flexibility index (Phi) is 6.21. The first-order valence-corrected chi connectivity index (χ1v) is 10.5. The largest absolute Gasteiger partial charge is 0.319 e. The van der Waals surface area contributed by atoms with E-state index in [1.54, 1.807) is 30.3 Å². The topological polar surface area (TPSA) is 66.5 Å². The van der Waals surface area contributed by atoms with Gasteiger partial charge in [0, 0.05) is 25.7 Å². The Labute approximate surface area is 178 Å². The van der Waals surface area contributed by atoms with Crippen LogP contribution in [0.1, 0.15) is 10.4 Å². The molecular weight excluding hydrogens is 434 g/mol. The number of rotatable bonds is 5. The Morgan fingerprint density at radius 1 is 1.00 bits per heavy atom. The lowest BCUT2D eigenvalue weighted by molar-refractivity contribution is 0.102. The van der Waals surface area contributed by atoms with Crippen LogP contribution in [0.5, 0.6) is 0 Å². The maximum Gasteiger partial charge on any atom is 0.257 e. The second kappa shape index (κ2) is 8.51. The Bertz CT molecular complexity index is 1220. The number of nitrogens with one attached hydrogen (secondary N) is 1. The fourth-order valence-electron chi connectivity index (χ4n) is 2.78. The molecule has 1 amide bonds. The third-order valence-electron chi connectivity index (χ3n) is 4.34. The smallest absolute Gasteiger partial charge is 0.257 e. The van der Waals surface area contributed by atoms with Crippen LogP contribution in [0.3, 0.4) is 0 Å². The monoisotopic (exact) mass is 450 g/mol. The molecule has 0 aliphatic carbocycles. The highest BCUT2D eigenvalue weighted by Crippen LogP contribution is 2.32. The molecule has 0 bridgehead atoms. The van der Waals surface area contributed by atoms with E-state index in [2.05, 4.69) is 5.32 Å². The van der Waals surface area contributed by atoms with E-state index in [1.807, 2.05) is 0 Å². The van der Waals surface area contributed by atoms with Crippen LogP contribution in [0.15, 0.2) is 65.6 Å². The second-order valence-electron chi connectivity index (χ2n) is 6.56. The van der Waals surface area contributed by atoms with Crippen molar-refractivity contribution in [2.45, 2.75) is 4.90 Å². The number of halogens is 3. The molecule has 0 spiro atoms. The second-order valence-corrected chi connectivity index (χ2v) is 9.12. The molecule has 0 heterocycles. The summed E-state index contributed by atoms with van der Waals surface area (Å²) < 4.78 is 54.1. The molecule has 0 aromatic heterocycles. The van der Waals surface area contributed by atoms with E-state index in [0.29, 0.717) is 11.6 Å². The molecule has 0 radical (unpaired) electrons. The average Bonchev–Trinajstić information content (AvgIpc) is 2.70. The van der Waals surface area contributed by atoms with E-state index >= 15 is 0 Å². The molecule has 9 heteroatoms. The van der Waals surface area contributed by atoms with Crippen LogP contribution < -0.4 is 5.32 Å². The summed E-state index contributed by atoms with van der Waals surface area (Å²) in [6.45, 7) is 0. The normalized spacial score (nSPS) is 11.5. The van der Waals surface area contributed by atoms with Crippen molar-refractivity contribution in [3.8, 4) is 11.1 Å². The minimum atomic E-state index is -3.82. The van der Waals surface area contributed by atoms with Crippen LogP contribution >= 0.6 is 11.6 Å². The van der Waals surface area contributed by atoms with Crippen molar-refractivity contribution in [2.24, 2.45) is 0 Å². The van der Waals surface area contributed by atoms with Gasteiger partial charge in [0.05, 0.1) is 21.2 Å². The minimum Gasteiger partial charge on any atom is -0.319 e. The summed E-state index contributed by atoms with van der Waals surface area (Å²) in [5.41, 5.74) is 0.211. The summed E-state index contributed by atoms with van der Waals surface area (Å²) in [7, 11) is -1.11. The molecule has 0 aliphatic rings. The van der Waals surface area contributed by atoms with Crippen molar-refractivity contribution in [1.82, 2.24) is 4.31 Å². The molecule has 0 aliphatic heterocycles. The van der Waals surface area contributed by atoms with Crippen LogP contribution in [0, 0.1) is 11.6 Å². The first-order valence-electron chi connectivity index (χ1n) is 8.69. The molecule has 3 aromatic carbocycles. The fourth-order valence-corrected chi connectivity index (χ4v) is 3.91. The van der Waals surface area contributed by atoms with Gasteiger partial charge in [-0.05, 0) is 29.8 Å². The van der Waals surface area contributed by atoms with E-state index in [0.717, 1.165) is 16.4 Å². The van der Waals surface area contributed by atoms with Crippen molar-refractivity contribution in [2.75, 3.05) is 19.4 Å². The highest BCUT2D eigenvalue weighted by molar-refractivity contribution is 7.89. The van der Waals surface area contributed by atoms with E-state index in [-0.39, 0.29) is 26.7 Å². The summed E-state index contributed by atoms with van der Waals surface area (Å²) in [5, 5.41) is 2.38. The molecule has 3 aromatic rings. The zero-order valence-electron chi connectivity index (χ0n) is 16.0. The van der Waals surface area contributed by atoms with E-state index < -0.39 is 27.6 Å². The molecule has 30 heavy (non-hydrogen) atoms. The molecule has 0 fully saturated rings. The Hall–Kier alpha value is -2.81. The lowest BCUT2D eigenvalue weighted by Crippen LogP contribution is -2.23. The fraction of sp³-hybridized carbons (Fsp3) is 0.0952. The van der Waals surface area contributed by atoms with Crippen molar-refractivity contribution in [1.29, 1.82) is 0 Å². The van der Waals surface area contributed by atoms with Gasteiger partial charge in [0.1, 0.15) is 11.6 Å². The van der Waals surface area contributed by atoms with Gasteiger partial charge in [-0.25, -0.2) is 21.5 Å². The van der Waals surface area contributed by atoms with Gasteiger partial charge in [-0.1, -0.05) is 41.9 Å². The zero-order valence-corrected chi connectivity index (χ0v) is 17.6. The summed E-state index contributed by atoms with van der Waals surface area (Å²) in [4.78, 5) is 12.7. The first kappa shape index (κ1) is 21.9. The standard InChI is InChI=1S/C21H17ClF2N2O3S/c1-26(2)30(28,29)15-8-9-18(22)17(12-15)21(27)25-20-16(10-14(23)11-19(20)24)13-6-4-3-5-7-13/h3-12H,1-2H3,(H,25,27). The highest BCUT2D eigenvalue weighted by atomic mass is 35.5. The Morgan fingerprint density at radius 2 is 1.67 bits per heavy atom. The highest BCUT2D eigenvalue weighted by Gasteiger charge is 2.22. The predicted octanol–water partition coefficient (Wildman–Crippen LogP) is 4.79. The molecule has 1 N–H and O–H groups in total. The number of benzene rings is 3. The van der Waals surface area contributed by atoms with E-state index in [1.165, 1.54) is 26.2 Å². The lowest BCUT2D eigenvalue weighted by Gasteiger charge is -2.15. The maximum absolute atomic E-state index is 14.6. The van der Waals surface area contributed by atoms with Gasteiger partial charge in [-0.2, -0.15) is 0 Å². The van der Waals surface area contributed by atoms with Gasteiger partial charge < -0.3 is 5.32 Å². The first-order chi connectivity index (χ1) is 14.1. The summed E-state index contributed by atoms with van der Waals surface area (Å²) in [6, 6.07) is 13.8. The number of sulfonamides is 1. The summed E-state index contributed by atoms with van der Waals surface area (Å²) in [6.07, 6.45) is 0. The van der Waals surface area contributed by atoms with Gasteiger partial charge in [-0.3, -0.25) is 4.79 Å². The van der Waals surface area contributed by atoms with E-state index in [9.17, 15) is 22.0 Å². The number of hydrogen-bond acceptors (Lipinski definition) is 3. The molecule has 156 valence electrons. The van der Waals surface area contributed by atoms with Crippen LogP contribution in [-0.2, 0) is 10.0 Å². The van der Waals surface area contributed by atoms with Gasteiger partial charge in [-0.15, -0.1) is 0 Å². The maximum atomic E-state index is 14.6. The summed E-state index contributed by atoms with van der Waals surface area (Å²) in [5.74, 6) is -2.62. The predicted molar refractivity (Wildman–Crippen MR) is 112 cm³/mol. The van der Waals surface area contributed by atoms with E-state index in [4.69, 9.17) is 11.6 Å². The van der Waals surface area contributed by atoms with Gasteiger partial charge in [0.25, 0.3) is 5.91 Å². The zero-order chi connectivity index (χ0) is 22.1. The number of carbonyl (C=O) groups is 1. The van der Waals surface area contributed by atoms with Crippen molar-refractivity contribution >= 4 is 33.2 Å². The van der Waals surface area contributed by atoms with Crippen LogP contribution in [0.25, 0.3) is 11.1 Å². The summed E-state index contributed by atoms with van der Waals surface area (Å²) >= 11 is 6.09. The van der Waals surface area contributed by atoms with Gasteiger partial charge in [0.2, 0.25) is 10.0 Å². The van der Waals surface area contributed by atoms with Gasteiger partial charge >= 0.3 is 0 Å². The molecule has 3 rings (SSSR count). The third kappa shape index (κ3) is 4.35. The minimum absolute atomic E-state index is 0.0195. The molecular formula is C21H17ClF2N2O3S. The van der Waals surface area contributed by atoms with Crippen LogP contribution in [0.2, 0.25) is 5.02 Å². The average molecular weight is 451 g/mol. The Balaban J connectivity index is 2.06. The third-order valence-corrected chi connectivity index (χ3v) is 6.48. The molecule has 0 atom stereocenters. The Morgan fingerprint density at radius 3 is 2.30 bits per heavy atom. The van der Waals surface area contributed by atoms with Crippen LogP contribution in [0.4, 0.5) is 14.5 Å². The molecule has 0 saturated heterocycles. The molecule has 0 saturated carbocycles. The molecule has 0 unspecified atom stereocenters.